The molecule has 1 aliphatic rings. The second-order valence-corrected chi connectivity index (χ2v) is 7.97. The Kier molecular flexibility index (Phi) is 5.52. The quantitative estimate of drug-likeness (QED) is 0.563. The molecule has 2 heterocycles. The monoisotopic (exact) mass is 389 g/mol. The summed E-state index contributed by atoms with van der Waals surface area (Å²) in [5.74, 6) is 0.890. The molecule has 1 N–H and O–H groups in total. The van der Waals surface area contributed by atoms with Gasteiger partial charge in [-0.15, -0.1) is 0 Å². The Morgan fingerprint density at radius 3 is 2.45 bits per heavy atom. The van der Waals surface area contributed by atoms with Crippen LogP contribution in [0, 0.1) is 5.82 Å². The van der Waals surface area contributed by atoms with Crippen LogP contribution in [0.1, 0.15) is 49.8 Å². The molecule has 4 heteroatoms. The lowest BCUT2D eigenvalue weighted by molar-refractivity contribution is 0.518. The van der Waals surface area contributed by atoms with Crippen molar-refractivity contribution in [1.82, 2.24) is 4.98 Å². The van der Waals surface area contributed by atoms with E-state index in [-0.39, 0.29) is 11.7 Å². The van der Waals surface area contributed by atoms with E-state index in [1.807, 2.05) is 36.5 Å². The molecule has 0 saturated heterocycles. The summed E-state index contributed by atoms with van der Waals surface area (Å²) in [6.07, 6.45) is 3.02. The molecule has 0 saturated carbocycles. The highest BCUT2D eigenvalue weighted by atomic mass is 19.1. The summed E-state index contributed by atoms with van der Waals surface area (Å²) >= 11 is 0. The summed E-state index contributed by atoms with van der Waals surface area (Å²) in [6.45, 7) is 7.44. The number of halogens is 1. The molecule has 2 atom stereocenters. The first-order chi connectivity index (χ1) is 14.1. The summed E-state index contributed by atoms with van der Waals surface area (Å²) in [4.78, 5) is 7.21. The van der Waals surface area contributed by atoms with E-state index in [0.717, 1.165) is 24.3 Å². The molecule has 150 valence electrons. The fraction of sp³-hybridized carbons (Fsp3) is 0.320. The summed E-state index contributed by atoms with van der Waals surface area (Å²) in [7, 11) is 0. The SMILES string of the molecule is CCC1C(c2ccc(F)cc2)c2cnc(NCc3ccccc3)cc2N1C(C)C. The third kappa shape index (κ3) is 3.84. The maximum atomic E-state index is 13.5. The van der Waals surface area contributed by atoms with Crippen molar-refractivity contribution in [2.75, 3.05) is 10.2 Å². The Balaban J connectivity index is 1.68. The van der Waals surface area contributed by atoms with E-state index in [1.54, 1.807) is 12.1 Å². The summed E-state index contributed by atoms with van der Waals surface area (Å²) in [6, 6.07) is 20.2. The highest BCUT2D eigenvalue weighted by Crippen LogP contribution is 2.47. The van der Waals surface area contributed by atoms with E-state index in [1.165, 1.54) is 16.8 Å². The van der Waals surface area contributed by atoms with Gasteiger partial charge in [0, 0.05) is 48.1 Å². The molecule has 0 amide bonds. The topological polar surface area (TPSA) is 28.2 Å². The van der Waals surface area contributed by atoms with Crippen molar-refractivity contribution >= 4 is 11.5 Å². The minimum absolute atomic E-state index is 0.195. The molecule has 2 aromatic carbocycles. The molecule has 3 nitrogen and oxygen atoms in total. The van der Waals surface area contributed by atoms with Crippen LogP contribution in [0.3, 0.4) is 0 Å². The van der Waals surface area contributed by atoms with Gasteiger partial charge in [-0.3, -0.25) is 0 Å². The van der Waals surface area contributed by atoms with Gasteiger partial charge in [-0.2, -0.15) is 0 Å². The second kappa shape index (κ2) is 8.24. The van der Waals surface area contributed by atoms with Gasteiger partial charge in [-0.25, -0.2) is 9.37 Å². The van der Waals surface area contributed by atoms with Gasteiger partial charge in [0.1, 0.15) is 11.6 Å². The fourth-order valence-electron chi connectivity index (χ4n) is 4.52. The third-order valence-corrected chi connectivity index (χ3v) is 5.79. The van der Waals surface area contributed by atoms with E-state index in [0.29, 0.717) is 12.1 Å². The van der Waals surface area contributed by atoms with E-state index in [4.69, 9.17) is 4.98 Å². The lowest BCUT2D eigenvalue weighted by Gasteiger charge is -2.33. The van der Waals surface area contributed by atoms with Gasteiger partial charge in [0.15, 0.2) is 0 Å². The maximum absolute atomic E-state index is 13.5. The summed E-state index contributed by atoms with van der Waals surface area (Å²) in [5.41, 5.74) is 4.83. The van der Waals surface area contributed by atoms with Crippen LogP contribution in [0.15, 0.2) is 66.9 Å². The van der Waals surface area contributed by atoms with Crippen molar-refractivity contribution < 1.29 is 4.39 Å². The van der Waals surface area contributed by atoms with Crippen LogP contribution in [-0.4, -0.2) is 17.1 Å². The van der Waals surface area contributed by atoms with Crippen molar-refractivity contribution in [2.45, 2.75) is 51.7 Å². The zero-order valence-electron chi connectivity index (χ0n) is 17.3. The average molecular weight is 390 g/mol. The zero-order valence-corrected chi connectivity index (χ0v) is 17.3. The molecule has 0 spiro atoms. The Morgan fingerprint density at radius 2 is 1.79 bits per heavy atom. The van der Waals surface area contributed by atoms with Gasteiger partial charge in [-0.1, -0.05) is 49.4 Å². The Morgan fingerprint density at radius 1 is 1.07 bits per heavy atom. The molecular formula is C25H28FN3. The molecule has 0 aliphatic carbocycles. The van der Waals surface area contributed by atoms with Crippen LogP contribution in [-0.2, 0) is 6.54 Å². The van der Waals surface area contributed by atoms with Crippen molar-refractivity contribution in [3.63, 3.8) is 0 Å². The van der Waals surface area contributed by atoms with Crippen LogP contribution < -0.4 is 10.2 Å². The lowest BCUT2D eigenvalue weighted by atomic mass is 9.87. The van der Waals surface area contributed by atoms with Gasteiger partial charge in [-0.05, 0) is 43.5 Å². The van der Waals surface area contributed by atoms with Gasteiger partial charge < -0.3 is 10.2 Å². The fourth-order valence-corrected chi connectivity index (χ4v) is 4.52. The number of fused-ring (bicyclic) bond motifs is 1. The smallest absolute Gasteiger partial charge is 0.128 e. The maximum Gasteiger partial charge on any atom is 0.128 e. The van der Waals surface area contributed by atoms with E-state index in [2.05, 4.69) is 49.2 Å². The molecule has 0 radical (unpaired) electrons. The predicted octanol–water partition coefficient (Wildman–Crippen LogP) is 5.97. The van der Waals surface area contributed by atoms with Crippen molar-refractivity contribution in [3.05, 3.63) is 89.4 Å². The van der Waals surface area contributed by atoms with Crippen LogP contribution in [0.4, 0.5) is 15.9 Å². The first kappa shape index (κ1) is 19.4. The van der Waals surface area contributed by atoms with Crippen molar-refractivity contribution in [3.8, 4) is 0 Å². The first-order valence-corrected chi connectivity index (χ1v) is 10.4. The van der Waals surface area contributed by atoms with Crippen LogP contribution in [0.25, 0.3) is 0 Å². The van der Waals surface area contributed by atoms with Gasteiger partial charge in [0.05, 0.1) is 0 Å². The van der Waals surface area contributed by atoms with Crippen LogP contribution in [0.2, 0.25) is 0 Å². The Hall–Kier alpha value is -2.88. The molecule has 3 aromatic rings. The first-order valence-electron chi connectivity index (χ1n) is 10.4. The highest BCUT2D eigenvalue weighted by Gasteiger charge is 2.39. The van der Waals surface area contributed by atoms with E-state index in [9.17, 15) is 4.39 Å². The number of hydrogen-bond acceptors (Lipinski definition) is 3. The predicted molar refractivity (Wildman–Crippen MR) is 118 cm³/mol. The molecule has 1 aromatic heterocycles. The largest absolute Gasteiger partial charge is 0.366 e. The van der Waals surface area contributed by atoms with Gasteiger partial charge in [0.2, 0.25) is 0 Å². The van der Waals surface area contributed by atoms with Crippen LogP contribution >= 0.6 is 0 Å². The summed E-state index contributed by atoms with van der Waals surface area (Å²) in [5, 5.41) is 3.46. The molecule has 4 rings (SSSR count). The van der Waals surface area contributed by atoms with E-state index >= 15 is 0 Å². The average Bonchev–Trinajstić information content (AvgIpc) is 3.07. The number of rotatable bonds is 6. The van der Waals surface area contributed by atoms with Crippen molar-refractivity contribution in [1.29, 1.82) is 0 Å². The highest BCUT2D eigenvalue weighted by molar-refractivity contribution is 5.68. The molecule has 0 fully saturated rings. The Bertz CT molecular complexity index is 954. The van der Waals surface area contributed by atoms with Gasteiger partial charge in [0.25, 0.3) is 0 Å². The lowest BCUT2D eigenvalue weighted by Crippen LogP contribution is -2.39. The number of aromatic nitrogens is 1. The molecule has 0 bridgehead atoms. The second-order valence-electron chi connectivity index (χ2n) is 7.97. The minimum Gasteiger partial charge on any atom is -0.366 e. The van der Waals surface area contributed by atoms with E-state index < -0.39 is 0 Å². The standard InChI is InChI=1S/C25H28FN3/c1-4-22-25(19-10-12-20(26)13-11-19)21-16-28-24(14-23(21)29(22)17(2)3)27-15-18-8-6-5-7-9-18/h5-14,16-17,22,25H,4,15H2,1-3H3,(H,27,28). The third-order valence-electron chi connectivity index (χ3n) is 5.79. The normalized spacial score (nSPS) is 18.2. The number of hydrogen-bond donors (Lipinski definition) is 1. The summed E-state index contributed by atoms with van der Waals surface area (Å²) < 4.78 is 13.5. The molecule has 1 aliphatic heterocycles. The number of anilines is 2. The Labute approximate surface area is 172 Å². The van der Waals surface area contributed by atoms with Crippen LogP contribution in [0.5, 0.6) is 0 Å². The molecule has 29 heavy (non-hydrogen) atoms. The number of nitrogens with zero attached hydrogens (tertiary/aromatic N) is 2. The van der Waals surface area contributed by atoms with Gasteiger partial charge >= 0.3 is 0 Å². The molecular weight excluding hydrogens is 361 g/mol. The number of pyridine rings is 1. The minimum atomic E-state index is -0.195. The number of benzene rings is 2. The molecule has 2 unspecified atom stereocenters. The number of nitrogens with one attached hydrogen (secondary N) is 1. The van der Waals surface area contributed by atoms with Crippen molar-refractivity contribution in [2.24, 2.45) is 0 Å². The zero-order chi connectivity index (χ0) is 20.4.